The zero-order valence-electron chi connectivity index (χ0n) is 19.0. The summed E-state index contributed by atoms with van der Waals surface area (Å²) in [4.78, 5) is 0. The fraction of sp³-hybridized carbons (Fsp3) is 1.00. The molecule has 0 rings (SSSR count). The number of hydrogen-bond acceptors (Lipinski definition) is 1. The van der Waals surface area contributed by atoms with Crippen LogP contribution in [-0.4, -0.2) is 36.1 Å². The van der Waals surface area contributed by atoms with Crippen molar-refractivity contribution in [1.29, 1.82) is 0 Å². The standard InChI is InChI=1S/C24H52N.H2O/c1-5-9-13-17-21-25(22-18-14-10-6-2,23-19-15-11-7-3)24-20-16-12-8-4;/h5-24H2,1-4H3;1H2/q+1;/p-1. The van der Waals surface area contributed by atoms with E-state index in [4.69, 9.17) is 0 Å². The highest BCUT2D eigenvalue weighted by Gasteiger charge is 2.25. The van der Waals surface area contributed by atoms with Crippen molar-refractivity contribution in [3.05, 3.63) is 0 Å². The van der Waals surface area contributed by atoms with Crippen LogP contribution in [0.15, 0.2) is 0 Å². The molecule has 0 aromatic heterocycles. The van der Waals surface area contributed by atoms with Gasteiger partial charge in [0, 0.05) is 0 Å². The Hall–Kier alpha value is -0.0800. The van der Waals surface area contributed by atoms with Crippen LogP contribution in [0.2, 0.25) is 0 Å². The monoisotopic (exact) mass is 371 g/mol. The molecule has 0 unspecified atom stereocenters. The van der Waals surface area contributed by atoms with Gasteiger partial charge in [0.15, 0.2) is 0 Å². The van der Waals surface area contributed by atoms with Crippen molar-refractivity contribution in [2.45, 2.75) is 130 Å². The summed E-state index contributed by atoms with van der Waals surface area (Å²) < 4.78 is 1.46. The summed E-state index contributed by atoms with van der Waals surface area (Å²) in [5, 5.41) is 0. The minimum Gasteiger partial charge on any atom is -0.870 e. The molecular formula is C24H53NO. The lowest BCUT2D eigenvalue weighted by molar-refractivity contribution is -0.929. The molecule has 0 aromatic rings. The van der Waals surface area contributed by atoms with E-state index in [2.05, 4.69) is 27.7 Å². The molecule has 2 nitrogen and oxygen atoms in total. The fourth-order valence-corrected chi connectivity index (χ4v) is 4.17. The summed E-state index contributed by atoms with van der Waals surface area (Å²) in [5.41, 5.74) is 0. The predicted molar refractivity (Wildman–Crippen MR) is 118 cm³/mol. The van der Waals surface area contributed by atoms with Crippen molar-refractivity contribution in [3.8, 4) is 0 Å². The normalized spacial score (nSPS) is 11.5. The Morgan fingerprint density at radius 3 is 0.769 bits per heavy atom. The van der Waals surface area contributed by atoms with E-state index in [0.717, 1.165) is 0 Å². The lowest BCUT2D eigenvalue weighted by atomic mass is 10.1. The summed E-state index contributed by atoms with van der Waals surface area (Å²) in [5.74, 6) is 0. The van der Waals surface area contributed by atoms with E-state index in [0.29, 0.717) is 0 Å². The summed E-state index contributed by atoms with van der Waals surface area (Å²) in [6.07, 6.45) is 22.8. The van der Waals surface area contributed by atoms with Gasteiger partial charge in [-0.25, -0.2) is 0 Å². The van der Waals surface area contributed by atoms with Gasteiger partial charge in [-0.1, -0.05) is 79.1 Å². The molecule has 0 aromatic carbocycles. The average molecular weight is 372 g/mol. The highest BCUT2D eigenvalue weighted by atomic mass is 16.0. The van der Waals surface area contributed by atoms with Gasteiger partial charge in [-0.2, -0.15) is 0 Å². The van der Waals surface area contributed by atoms with Crippen molar-refractivity contribution in [1.82, 2.24) is 0 Å². The van der Waals surface area contributed by atoms with Crippen LogP contribution in [0.25, 0.3) is 0 Å². The van der Waals surface area contributed by atoms with E-state index in [1.807, 2.05) is 0 Å². The largest absolute Gasteiger partial charge is 0.870 e. The van der Waals surface area contributed by atoms with Crippen LogP contribution in [0, 0.1) is 0 Å². The van der Waals surface area contributed by atoms with Gasteiger partial charge in [-0.15, -0.1) is 0 Å². The second kappa shape index (κ2) is 21.2. The highest BCUT2D eigenvalue weighted by Crippen LogP contribution is 2.19. The molecule has 0 saturated heterocycles. The third-order valence-corrected chi connectivity index (χ3v) is 5.94. The molecule has 0 aliphatic carbocycles. The summed E-state index contributed by atoms with van der Waals surface area (Å²) in [6, 6.07) is 0. The third kappa shape index (κ3) is 16.1. The Morgan fingerprint density at radius 2 is 0.577 bits per heavy atom. The van der Waals surface area contributed by atoms with E-state index in [9.17, 15) is 0 Å². The zero-order valence-corrected chi connectivity index (χ0v) is 19.0. The maximum absolute atomic E-state index is 2.34. The van der Waals surface area contributed by atoms with Crippen molar-refractivity contribution in [3.63, 3.8) is 0 Å². The molecule has 0 aliphatic rings. The number of hydrogen-bond donors (Lipinski definition) is 0. The quantitative estimate of drug-likeness (QED) is 0.158. The Morgan fingerprint density at radius 1 is 0.346 bits per heavy atom. The third-order valence-electron chi connectivity index (χ3n) is 5.94. The summed E-state index contributed by atoms with van der Waals surface area (Å²) in [7, 11) is 0. The first-order valence-corrected chi connectivity index (χ1v) is 12.1. The molecule has 0 aliphatic heterocycles. The SMILES string of the molecule is CCCCCC[N+](CCCCCC)(CCCCCC)CCCCCC.[OH-]. The minimum atomic E-state index is 0. The van der Waals surface area contributed by atoms with E-state index >= 15 is 0 Å². The first kappa shape index (κ1) is 28.1. The Balaban J connectivity index is 0. The highest BCUT2D eigenvalue weighted by molar-refractivity contribution is 4.53. The second-order valence-corrected chi connectivity index (χ2v) is 8.48. The average Bonchev–Trinajstić information content (AvgIpc) is 2.63. The predicted octanol–water partition coefficient (Wildman–Crippen LogP) is 7.95. The van der Waals surface area contributed by atoms with Crippen LogP contribution in [0.3, 0.4) is 0 Å². The number of rotatable bonds is 20. The maximum atomic E-state index is 2.34. The van der Waals surface area contributed by atoms with Crippen LogP contribution < -0.4 is 0 Å². The van der Waals surface area contributed by atoms with Crippen molar-refractivity contribution >= 4 is 0 Å². The van der Waals surface area contributed by atoms with Gasteiger partial charge >= 0.3 is 0 Å². The van der Waals surface area contributed by atoms with E-state index in [1.54, 1.807) is 0 Å². The molecule has 1 N–H and O–H groups in total. The van der Waals surface area contributed by atoms with Crippen LogP contribution in [0.4, 0.5) is 0 Å². The molecule has 0 spiro atoms. The molecule has 0 bridgehead atoms. The molecule has 0 saturated carbocycles. The van der Waals surface area contributed by atoms with Crippen LogP contribution in [0.5, 0.6) is 0 Å². The number of unbranched alkanes of at least 4 members (excludes halogenated alkanes) is 12. The summed E-state index contributed by atoms with van der Waals surface area (Å²) in [6.45, 7) is 15.2. The first-order chi connectivity index (χ1) is 12.2. The molecule has 0 radical (unpaired) electrons. The fourth-order valence-electron chi connectivity index (χ4n) is 4.17. The van der Waals surface area contributed by atoms with Crippen molar-refractivity contribution in [2.75, 3.05) is 26.2 Å². The van der Waals surface area contributed by atoms with Crippen LogP contribution in [-0.2, 0) is 0 Å². The first-order valence-electron chi connectivity index (χ1n) is 12.1. The number of nitrogens with zero attached hydrogens (tertiary/aromatic N) is 1. The molecule has 26 heavy (non-hydrogen) atoms. The van der Waals surface area contributed by atoms with Crippen molar-refractivity contribution in [2.24, 2.45) is 0 Å². The van der Waals surface area contributed by atoms with Crippen LogP contribution >= 0.6 is 0 Å². The van der Waals surface area contributed by atoms with Gasteiger partial charge in [0.05, 0.1) is 26.2 Å². The molecule has 2 heteroatoms. The lowest BCUT2D eigenvalue weighted by Gasteiger charge is -2.39. The summed E-state index contributed by atoms with van der Waals surface area (Å²) >= 11 is 0. The zero-order chi connectivity index (χ0) is 18.6. The minimum absolute atomic E-state index is 0. The number of quaternary nitrogens is 1. The Bertz CT molecular complexity index is 201. The molecule has 0 atom stereocenters. The molecule has 0 amide bonds. The second-order valence-electron chi connectivity index (χ2n) is 8.48. The van der Waals surface area contributed by atoms with Gasteiger partial charge in [0.2, 0.25) is 0 Å². The van der Waals surface area contributed by atoms with Gasteiger partial charge < -0.3 is 9.96 Å². The molecule has 0 heterocycles. The topological polar surface area (TPSA) is 30.0 Å². The van der Waals surface area contributed by atoms with Crippen LogP contribution in [0.1, 0.15) is 130 Å². The van der Waals surface area contributed by atoms with Gasteiger partial charge in [0.1, 0.15) is 0 Å². The van der Waals surface area contributed by atoms with E-state index < -0.39 is 0 Å². The van der Waals surface area contributed by atoms with Gasteiger partial charge in [0.25, 0.3) is 0 Å². The van der Waals surface area contributed by atoms with Gasteiger partial charge in [-0.3, -0.25) is 0 Å². The molecular weight excluding hydrogens is 318 g/mol. The van der Waals surface area contributed by atoms with E-state index in [1.165, 1.54) is 133 Å². The molecule has 160 valence electrons. The Labute approximate surface area is 167 Å². The van der Waals surface area contributed by atoms with Gasteiger partial charge in [-0.05, 0) is 51.4 Å². The maximum Gasteiger partial charge on any atom is 0.0786 e. The van der Waals surface area contributed by atoms with Crippen molar-refractivity contribution < 1.29 is 9.96 Å². The van der Waals surface area contributed by atoms with E-state index in [-0.39, 0.29) is 5.48 Å². The smallest absolute Gasteiger partial charge is 0.0786 e. The Kier molecular flexibility index (Phi) is 23.0. The lowest BCUT2D eigenvalue weighted by Crippen LogP contribution is -2.50. The molecule has 0 fully saturated rings.